The molecule has 1 aliphatic heterocycles. The van der Waals surface area contributed by atoms with Gasteiger partial charge in [-0.3, -0.25) is 0 Å². The molecule has 2 atom stereocenters. The van der Waals surface area contributed by atoms with Gasteiger partial charge in [-0.2, -0.15) is 0 Å². The number of fused-ring (bicyclic) bond motifs is 1. The number of piperidine rings is 1. The molecular formula is C9H17N. The van der Waals surface area contributed by atoms with Gasteiger partial charge in [-0.1, -0.05) is 0 Å². The highest BCUT2D eigenvalue weighted by molar-refractivity contribution is 4.93. The average molecular weight is 139 g/mol. The molecule has 0 aromatic rings. The Bertz CT molecular complexity index is 131. The Balaban J connectivity index is 1.88. The third-order valence-corrected chi connectivity index (χ3v) is 3.06. The highest BCUT2D eigenvalue weighted by Crippen LogP contribution is 2.45. The van der Waals surface area contributed by atoms with E-state index in [9.17, 15) is 0 Å². The molecule has 1 nitrogen and oxygen atoms in total. The molecule has 0 amide bonds. The van der Waals surface area contributed by atoms with Crippen molar-refractivity contribution in [2.45, 2.75) is 32.7 Å². The molecule has 0 radical (unpaired) electrons. The van der Waals surface area contributed by atoms with E-state index in [1.807, 2.05) is 0 Å². The summed E-state index contributed by atoms with van der Waals surface area (Å²) in [6.45, 7) is 7.37. The molecule has 1 saturated carbocycles. The monoisotopic (exact) mass is 139 g/mol. The SMILES string of the molecule is CC(C)N1CC[C@@H]2C[C@@H]2C1. The third kappa shape index (κ3) is 1.07. The van der Waals surface area contributed by atoms with Crippen molar-refractivity contribution < 1.29 is 0 Å². The molecule has 0 bridgehead atoms. The Morgan fingerprint density at radius 3 is 2.70 bits per heavy atom. The van der Waals surface area contributed by atoms with Crippen molar-refractivity contribution in [3.05, 3.63) is 0 Å². The van der Waals surface area contributed by atoms with Crippen LogP contribution in [0.3, 0.4) is 0 Å². The standard InChI is InChI=1S/C9H17N/c1-7(2)10-4-3-8-5-9(8)6-10/h7-9H,3-6H2,1-2H3/t8-,9-/m1/s1. The van der Waals surface area contributed by atoms with Crippen molar-refractivity contribution in [1.29, 1.82) is 0 Å². The predicted octanol–water partition coefficient (Wildman–Crippen LogP) is 1.74. The maximum atomic E-state index is 2.62. The normalized spacial score (nSPS) is 39.9. The molecule has 0 aromatic heterocycles. The van der Waals surface area contributed by atoms with Crippen LogP contribution >= 0.6 is 0 Å². The highest BCUT2D eigenvalue weighted by Gasteiger charge is 2.41. The van der Waals surface area contributed by atoms with E-state index < -0.39 is 0 Å². The number of hydrogen-bond donors (Lipinski definition) is 0. The van der Waals surface area contributed by atoms with Crippen molar-refractivity contribution in [3.63, 3.8) is 0 Å². The summed E-state index contributed by atoms with van der Waals surface area (Å²) in [7, 11) is 0. The first-order valence-corrected chi connectivity index (χ1v) is 4.51. The van der Waals surface area contributed by atoms with Gasteiger partial charge in [0.25, 0.3) is 0 Å². The molecule has 0 spiro atoms. The van der Waals surface area contributed by atoms with Crippen LogP contribution in [0.25, 0.3) is 0 Å². The molecule has 2 fully saturated rings. The van der Waals surface area contributed by atoms with Crippen LogP contribution in [0.15, 0.2) is 0 Å². The van der Waals surface area contributed by atoms with Gasteiger partial charge in [0.2, 0.25) is 0 Å². The summed E-state index contributed by atoms with van der Waals surface area (Å²) in [5.74, 6) is 2.23. The minimum atomic E-state index is 0.779. The first-order valence-electron chi connectivity index (χ1n) is 4.51. The molecule has 1 aliphatic carbocycles. The van der Waals surface area contributed by atoms with E-state index in [-0.39, 0.29) is 0 Å². The maximum Gasteiger partial charge on any atom is 0.00387 e. The largest absolute Gasteiger partial charge is 0.301 e. The fourth-order valence-electron chi connectivity index (χ4n) is 2.08. The average Bonchev–Trinajstić information content (AvgIpc) is 2.63. The lowest BCUT2D eigenvalue weighted by Gasteiger charge is -2.29. The quantitative estimate of drug-likeness (QED) is 0.535. The second kappa shape index (κ2) is 2.23. The van der Waals surface area contributed by atoms with Crippen LogP contribution in [0.2, 0.25) is 0 Å². The van der Waals surface area contributed by atoms with Crippen LogP contribution in [0.1, 0.15) is 26.7 Å². The third-order valence-electron chi connectivity index (χ3n) is 3.06. The number of nitrogens with zero attached hydrogens (tertiary/aromatic N) is 1. The van der Waals surface area contributed by atoms with E-state index in [0.29, 0.717) is 0 Å². The van der Waals surface area contributed by atoms with Crippen molar-refractivity contribution >= 4 is 0 Å². The molecule has 1 saturated heterocycles. The van der Waals surface area contributed by atoms with Crippen LogP contribution < -0.4 is 0 Å². The molecule has 0 N–H and O–H groups in total. The minimum Gasteiger partial charge on any atom is -0.301 e. The summed E-state index contributed by atoms with van der Waals surface area (Å²) < 4.78 is 0. The Morgan fingerprint density at radius 2 is 2.10 bits per heavy atom. The van der Waals surface area contributed by atoms with Crippen LogP contribution in [0, 0.1) is 11.8 Å². The summed E-state index contributed by atoms with van der Waals surface area (Å²) >= 11 is 0. The van der Waals surface area contributed by atoms with E-state index in [4.69, 9.17) is 0 Å². The van der Waals surface area contributed by atoms with Gasteiger partial charge in [-0.05, 0) is 45.1 Å². The van der Waals surface area contributed by atoms with Crippen LogP contribution in [0.5, 0.6) is 0 Å². The molecule has 0 aromatic carbocycles. The van der Waals surface area contributed by atoms with Gasteiger partial charge in [-0.15, -0.1) is 0 Å². The second-order valence-electron chi connectivity index (χ2n) is 4.13. The summed E-state index contributed by atoms with van der Waals surface area (Å²) in [4.78, 5) is 2.62. The fraction of sp³-hybridized carbons (Fsp3) is 1.00. The van der Waals surface area contributed by atoms with E-state index in [2.05, 4.69) is 18.7 Å². The number of hydrogen-bond acceptors (Lipinski definition) is 1. The molecule has 1 heterocycles. The van der Waals surface area contributed by atoms with Crippen molar-refractivity contribution in [1.82, 2.24) is 4.90 Å². The molecular weight excluding hydrogens is 122 g/mol. The Kier molecular flexibility index (Phi) is 1.48. The van der Waals surface area contributed by atoms with Gasteiger partial charge < -0.3 is 4.90 Å². The maximum absolute atomic E-state index is 2.62. The summed E-state index contributed by atoms with van der Waals surface area (Å²) in [6, 6.07) is 0.779. The first-order chi connectivity index (χ1) is 4.77. The Labute approximate surface area is 63.4 Å². The molecule has 10 heavy (non-hydrogen) atoms. The van der Waals surface area contributed by atoms with E-state index >= 15 is 0 Å². The van der Waals surface area contributed by atoms with Crippen molar-refractivity contribution in [2.24, 2.45) is 11.8 Å². The van der Waals surface area contributed by atoms with Crippen LogP contribution in [-0.2, 0) is 0 Å². The van der Waals surface area contributed by atoms with Crippen molar-refractivity contribution in [3.8, 4) is 0 Å². The van der Waals surface area contributed by atoms with Gasteiger partial charge in [0.05, 0.1) is 0 Å². The van der Waals surface area contributed by atoms with Gasteiger partial charge in [0.1, 0.15) is 0 Å². The zero-order valence-electron chi connectivity index (χ0n) is 7.01. The number of rotatable bonds is 1. The van der Waals surface area contributed by atoms with E-state index in [0.717, 1.165) is 17.9 Å². The van der Waals surface area contributed by atoms with Gasteiger partial charge in [0.15, 0.2) is 0 Å². The second-order valence-corrected chi connectivity index (χ2v) is 4.13. The minimum absolute atomic E-state index is 0.779. The topological polar surface area (TPSA) is 3.24 Å². The Morgan fingerprint density at radius 1 is 1.30 bits per heavy atom. The van der Waals surface area contributed by atoms with Gasteiger partial charge in [0, 0.05) is 12.6 Å². The fourth-order valence-corrected chi connectivity index (χ4v) is 2.08. The summed E-state index contributed by atoms with van der Waals surface area (Å²) in [6.07, 6.45) is 3.01. The van der Waals surface area contributed by atoms with E-state index in [1.54, 1.807) is 0 Å². The number of likely N-dealkylation sites (tertiary alicyclic amines) is 1. The molecule has 0 unspecified atom stereocenters. The lowest BCUT2D eigenvalue weighted by atomic mass is 10.1. The Hall–Kier alpha value is -0.0400. The van der Waals surface area contributed by atoms with Gasteiger partial charge >= 0.3 is 0 Å². The highest BCUT2D eigenvalue weighted by atomic mass is 15.2. The van der Waals surface area contributed by atoms with Crippen LogP contribution in [0.4, 0.5) is 0 Å². The zero-order valence-corrected chi connectivity index (χ0v) is 7.01. The smallest absolute Gasteiger partial charge is 0.00387 e. The predicted molar refractivity (Wildman–Crippen MR) is 42.9 cm³/mol. The lowest BCUT2D eigenvalue weighted by Crippen LogP contribution is -2.36. The summed E-state index contributed by atoms with van der Waals surface area (Å²) in [5.41, 5.74) is 0. The van der Waals surface area contributed by atoms with Gasteiger partial charge in [-0.25, -0.2) is 0 Å². The van der Waals surface area contributed by atoms with E-state index in [1.165, 1.54) is 25.9 Å². The molecule has 2 rings (SSSR count). The summed E-state index contributed by atoms with van der Waals surface area (Å²) in [5, 5.41) is 0. The molecule has 2 aliphatic rings. The van der Waals surface area contributed by atoms with Crippen molar-refractivity contribution in [2.75, 3.05) is 13.1 Å². The van der Waals surface area contributed by atoms with Crippen LogP contribution in [-0.4, -0.2) is 24.0 Å². The zero-order chi connectivity index (χ0) is 7.14. The lowest BCUT2D eigenvalue weighted by molar-refractivity contribution is 0.177. The molecule has 58 valence electrons. The molecule has 1 heteroatoms. The first kappa shape index (κ1) is 6.66.